The molecule has 0 aromatic carbocycles. The average molecular weight is 206 g/mol. The molecule has 1 aromatic heterocycles. The van der Waals surface area contributed by atoms with E-state index in [4.69, 9.17) is 5.73 Å². The van der Waals surface area contributed by atoms with E-state index in [9.17, 15) is 8.42 Å². The summed E-state index contributed by atoms with van der Waals surface area (Å²) in [7, 11) is -3.30. The molecule has 0 saturated heterocycles. The monoisotopic (exact) mass is 206 g/mol. The second-order valence-electron chi connectivity index (χ2n) is 2.26. The van der Waals surface area contributed by atoms with Crippen LogP contribution in [0.2, 0.25) is 0 Å². The van der Waals surface area contributed by atoms with Crippen LogP contribution in [0.5, 0.6) is 0 Å². The van der Waals surface area contributed by atoms with Crippen molar-refractivity contribution < 1.29 is 8.42 Å². The van der Waals surface area contributed by atoms with Gasteiger partial charge < -0.3 is 5.73 Å². The quantitative estimate of drug-likeness (QED) is 0.492. The van der Waals surface area contributed by atoms with Gasteiger partial charge in [0, 0.05) is 6.54 Å². The van der Waals surface area contributed by atoms with E-state index >= 15 is 0 Å². The van der Waals surface area contributed by atoms with Crippen LogP contribution in [0.4, 0.5) is 0 Å². The summed E-state index contributed by atoms with van der Waals surface area (Å²) in [5.41, 5.74) is 5.09. The fourth-order valence-electron chi connectivity index (χ4n) is 0.659. The molecule has 1 rings (SSSR count). The van der Waals surface area contributed by atoms with Crippen LogP contribution >= 0.6 is 0 Å². The highest BCUT2D eigenvalue weighted by atomic mass is 32.2. The number of rotatable bonds is 5. The lowest BCUT2D eigenvalue weighted by Crippen LogP contribution is -2.29. The molecule has 8 nitrogen and oxygen atoms in total. The van der Waals surface area contributed by atoms with Gasteiger partial charge in [0.2, 0.25) is 10.0 Å². The number of aromatic nitrogens is 4. The smallest absolute Gasteiger partial charge is 0.213 e. The maximum atomic E-state index is 11.0. The Morgan fingerprint density at radius 3 is 2.85 bits per heavy atom. The zero-order valence-electron chi connectivity index (χ0n) is 6.77. The molecule has 0 saturated carbocycles. The van der Waals surface area contributed by atoms with Gasteiger partial charge in [-0.15, -0.1) is 10.2 Å². The van der Waals surface area contributed by atoms with E-state index in [0.717, 1.165) is 0 Å². The van der Waals surface area contributed by atoms with Gasteiger partial charge in [-0.1, -0.05) is 5.21 Å². The number of tetrazole rings is 1. The second kappa shape index (κ2) is 4.25. The summed E-state index contributed by atoms with van der Waals surface area (Å²) in [4.78, 5) is 0. The van der Waals surface area contributed by atoms with Crippen molar-refractivity contribution in [3.05, 3.63) is 5.82 Å². The highest BCUT2D eigenvalue weighted by Crippen LogP contribution is 1.86. The van der Waals surface area contributed by atoms with Crippen molar-refractivity contribution in [3.63, 3.8) is 0 Å². The SMILES string of the molecule is NCCS(=O)(=O)NCc1nn[nH]n1. The molecular formula is C4H10N6O2S. The van der Waals surface area contributed by atoms with Crippen LogP contribution in [0.15, 0.2) is 0 Å². The lowest BCUT2D eigenvalue weighted by Gasteiger charge is -2.01. The van der Waals surface area contributed by atoms with Gasteiger partial charge in [-0.25, -0.2) is 13.1 Å². The predicted molar refractivity (Wildman–Crippen MR) is 43.9 cm³/mol. The summed E-state index contributed by atoms with van der Waals surface area (Å²) < 4.78 is 24.4. The van der Waals surface area contributed by atoms with Crippen LogP contribution in [0.3, 0.4) is 0 Å². The molecule has 0 aliphatic carbocycles. The predicted octanol–water partition coefficient (Wildman–Crippen LogP) is -2.42. The first-order valence-electron chi connectivity index (χ1n) is 3.54. The molecule has 0 radical (unpaired) electrons. The van der Waals surface area contributed by atoms with Crippen molar-refractivity contribution in [2.24, 2.45) is 5.73 Å². The van der Waals surface area contributed by atoms with Crippen LogP contribution in [-0.2, 0) is 16.6 Å². The molecule has 0 atom stereocenters. The van der Waals surface area contributed by atoms with Gasteiger partial charge in [0.15, 0.2) is 5.82 Å². The summed E-state index contributed by atoms with van der Waals surface area (Å²) in [6.07, 6.45) is 0. The normalized spacial score (nSPS) is 11.8. The Morgan fingerprint density at radius 1 is 1.54 bits per heavy atom. The van der Waals surface area contributed by atoms with E-state index < -0.39 is 10.0 Å². The van der Waals surface area contributed by atoms with Gasteiger partial charge >= 0.3 is 0 Å². The summed E-state index contributed by atoms with van der Waals surface area (Å²) >= 11 is 0. The standard InChI is InChI=1S/C4H10N6O2S/c5-1-2-13(11,12)6-3-4-7-9-10-8-4/h6H,1-3,5H2,(H,7,8,9,10). The second-order valence-corrected chi connectivity index (χ2v) is 4.18. The molecule has 13 heavy (non-hydrogen) atoms. The molecule has 4 N–H and O–H groups in total. The first kappa shape index (κ1) is 10.0. The summed E-state index contributed by atoms with van der Waals surface area (Å²) in [5.74, 6) is 0.186. The Kier molecular flexibility index (Phi) is 3.28. The third-order valence-electron chi connectivity index (χ3n) is 1.23. The van der Waals surface area contributed by atoms with Gasteiger partial charge in [-0.2, -0.15) is 5.21 Å². The van der Waals surface area contributed by atoms with Crippen molar-refractivity contribution in [2.75, 3.05) is 12.3 Å². The van der Waals surface area contributed by atoms with Gasteiger partial charge in [-0.3, -0.25) is 0 Å². The molecule has 0 fully saturated rings. The van der Waals surface area contributed by atoms with E-state index in [1.165, 1.54) is 0 Å². The van der Waals surface area contributed by atoms with E-state index in [-0.39, 0.29) is 18.8 Å². The molecule has 74 valence electrons. The number of aromatic amines is 1. The van der Waals surface area contributed by atoms with E-state index in [1.807, 2.05) is 0 Å². The summed E-state index contributed by atoms with van der Waals surface area (Å²) in [5, 5.41) is 12.6. The number of hydrogen-bond acceptors (Lipinski definition) is 6. The minimum absolute atomic E-state index is 0.0266. The number of hydrogen-bond donors (Lipinski definition) is 3. The van der Waals surface area contributed by atoms with E-state index in [1.54, 1.807) is 0 Å². The van der Waals surface area contributed by atoms with Crippen LogP contribution in [-0.4, -0.2) is 41.3 Å². The molecule has 0 spiro atoms. The number of H-pyrrole nitrogens is 1. The zero-order chi connectivity index (χ0) is 9.73. The van der Waals surface area contributed by atoms with Crippen molar-refractivity contribution >= 4 is 10.0 Å². The third kappa shape index (κ3) is 3.44. The zero-order valence-corrected chi connectivity index (χ0v) is 7.58. The Morgan fingerprint density at radius 2 is 2.31 bits per heavy atom. The van der Waals surface area contributed by atoms with Crippen LogP contribution < -0.4 is 10.5 Å². The Labute approximate surface area is 75.0 Å². The fraction of sp³-hybridized carbons (Fsp3) is 0.750. The first-order chi connectivity index (χ1) is 6.14. The molecule has 0 aliphatic rings. The maximum absolute atomic E-state index is 11.0. The molecule has 1 heterocycles. The topological polar surface area (TPSA) is 127 Å². The highest BCUT2D eigenvalue weighted by molar-refractivity contribution is 7.89. The number of nitrogens with zero attached hydrogens (tertiary/aromatic N) is 3. The fourth-order valence-corrected chi connectivity index (χ4v) is 1.46. The first-order valence-corrected chi connectivity index (χ1v) is 5.19. The Hall–Kier alpha value is -1.06. The molecule has 0 bridgehead atoms. The minimum atomic E-state index is -3.30. The number of nitrogens with two attached hydrogens (primary N) is 1. The van der Waals surface area contributed by atoms with Crippen molar-refractivity contribution in [2.45, 2.75) is 6.54 Å². The molecule has 0 amide bonds. The average Bonchev–Trinajstić information content (AvgIpc) is 2.52. The highest BCUT2D eigenvalue weighted by Gasteiger charge is 2.09. The van der Waals surface area contributed by atoms with Gasteiger partial charge in [0.25, 0.3) is 0 Å². The summed E-state index contributed by atoms with van der Waals surface area (Å²) in [6, 6.07) is 0. The van der Waals surface area contributed by atoms with Crippen molar-refractivity contribution in [1.82, 2.24) is 25.3 Å². The summed E-state index contributed by atoms with van der Waals surface area (Å²) in [6.45, 7) is 0.112. The van der Waals surface area contributed by atoms with E-state index in [0.29, 0.717) is 5.82 Å². The van der Waals surface area contributed by atoms with Gasteiger partial charge in [-0.05, 0) is 0 Å². The molecule has 9 heteroatoms. The molecule has 0 unspecified atom stereocenters. The van der Waals surface area contributed by atoms with E-state index in [2.05, 4.69) is 25.3 Å². The van der Waals surface area contributed by atoms with Crippen molar-refractivity contribution in [3.8, 4) is 0 Å². The van der Waals surface area contributed by atoms with Gasteiger partial charge in [0.1, 0.15) is 0 Å². The van der Waals surface area contributed by atoms with Crippen LogP contribution in [0, 0.1) is 0 Å². The number of nitrogens with one attached hydrogen (secondary N) is 2. The Balaban J connectivity index is 2.43. The van der Waals surface area contributed by atoms with Gasteiger partial charge in [0.05, 0.1) is 12.3 Å². The minimum Gasteiger partial charge on any atom is -0.329 e. The number of sulfonamides is 1. The lowest BCUT2D eigenvalue weighted by molar-refractivity contribution is 0.579. The molecule has 0 aliphatic heterocycles. The van der Waals surface area contributed by atoms with Crippen LogP contribution in [0.25, 0.3) is 0 Å². The molecular weight excluding hydrogens is 196 g/mol. The lowest BCUT2D eigenvalue weighted by atomic mass is 10.7. The van der Waals surface area contributed by atoms with Crippen LogP contribution in [0.1, 0.15) is 5.82 Å². The largest absolute Gasteiger partial charge is 0.329 e. The Bertz CT molecular complexity index is 332. The maximum Gasteiger partial charge on any atom is 0.213 e. The molecule has 1 aromatic rings. The third-order valence-corrected chi connectivity index (χ3v) is 2.58. The van der Waals surface area contributed by atoms with Crippen molar-refractivity contribution in [1.29, 1.82) is 0 Å².